The quantitative estimate of drug-likeness (QED) is 0.857. The number of hydrogen-bond acceptors (Lipinski definition) is 2. The van der Waals surface area contributed by atoms with Crippen LogP contribution in [-0.2, 0) is 0 Å². The van der Waals surface area contributed by atoms with E-state index < -0.39 is 5.82 Å². The molecular formula is C13H13ClFN3. The van der Waals surface area contributed by atoms with Crippen LogP contribution in [0.3, 0.4) is 0 Å². The van der Waals surface area contributed by atoms with E-state index in [-0.39, 0.29) is 5.02 Å². The van der Waals surface area contributed by atoms with Gasteiger partial charge in [0.25, 0.3) is 0 Å². The van der Waals surface area contributed by atoms with Crippen LogP contribution in [0.5, 0.6) is 0 Å². The Bertz CT molecular complexity index is 578. The first-order chi connectivity index (χ1) is 8.63. The van der Waals surface area contributed by atoms with E-state index in [1.54, 1.807) is 29.0 Å². The maximum absolute atomic E-state index is 14.0. The van der Waals surface area contributed by atoms with Crippen molar-refractivity contribution in [2.24, 2.45) is 0 Å². The molecule has 18 heavy (non-hydrogen) atoms. The van der Waals surface area contributed by atoms with Gasteiger partial charge in [0.15, 0.2) is 5.82 Å². The van der Waals surface area contributed by atoms with E-state index in [0.717, 1.165) is 5.69 Å². The summed E-state index contributed by atoms with van der Waals surface area (Å²) in [6.45, 7) is 6.02. The van der Waals surface area contributed by atoms with Crippen LogP contribution in [0.25, 0.3) is 5.69 Å². The van der Waals surface area contributed by atoms with E-state index in [1.807, 2.05) is 6.92 Å². The molecule has 0 saturated carbocycles. The molecule has 0 aliphatic rings. The molecule has 5 heteroatoms. The molecule has 0 spiro atoms. The first-order valence-electron chi connectivity index (χ1n) is 5.48. The normalized spacial score (nSPS) is 10.4. The van der Waals surface area contributed by atoms with Gasteiger partial charge in [0.05, 0.1) is 16.4 Å². The van der Waals surface area contributed by atoms with Gasteiger partial charge in [-0.2, -0.15) is 0 Å². The SMILES string of the molecule is C=CCNc1nc(C)cn1-c1cccc(Cl)c1F. The molecule has 0 radical (unpaired) electrons. The highest BCUT2D eigenvalue weighted by Crippen LogP contribution is 2.24. The van der Waals surface area contributed by atoms with Crippen LogP contribution in [0.1, 0.15) is 5.69 Å². The van der Waals surface area contributed by atoms with E-state index >= 15 is 0 Å². The Kier molecular flexibility index (Phi) is 3.67. The Morgan fingerprint density at radius 3 is 3.06 bits per heavy atom. The first-order valence-corrected chi connectivity index (χ1v) is 5.86. The van der Waals surface area contributed by atoms with E-state index in [0.29, 0.717) is 18.2 Å². The summed E-state index contributed by atoms with van der Waals surface area (Å²) < 4.78 is 15.6. The molecule has 2 aromatic rings. The molecule has 0 unspecified atom stereocenters. The van der Waals surface area contributed by atoms with Gasteiger partial charge in [-0.15, -0.1) is 6.58 Å². The zero-order valence-electron chi connectivity index (χ0n) is 9.95. The molecule has 0 aliphatic carbocycles. The third-order valence-corrected chi connectivity index (χ3v) is 2.71. The first kappa shape index (κ1) is 12.6. The average Bonchev–Trinajstić information content (AvgIpc) is 2.71. The van der Waals surface area contributed by atoms with Crippen molar-refractivity contribution < 1.29 is 4.39 Å². The lowest BCUT2D eigenvalue weighted by atomic mass is 10.3. The average molecular weight is 266 g/mol. The van der Waals surface area contributed by atoms with Gasteiger partial charge < -0.3 is 5.32 Å². The van der Waals surface area contributed by atoms with Crippen molar-refractivity contribution in [2.75, 3.05) is 11.9 Å². The fourth-order valence-electron chi connectivity index (χ4n) is 1.65. The summed E-state index contributed by atoms with van der Waals surface area (Å²) >= 11 is 5.78. The molecule has 3 nitrogen and oxygen atoms in total. The Labute approximate surface area is 110 Å². The number of aryl methyl sites for hydroxylation is 1. The van der Waals surface area contributed by atoms with Crippen molar-refractivity contribution in [1.29, 1.82) is 0 Å². The van der Waals surface area contributed by atoms with Gasteiger partial charge in [-0.25, -0.2) is 9.37 Å². The second kappa shape index (κ2) is 5.23. The molecule has 2 rings (SSSR count). The summed E-state index contributed by atoms with van der Waals surface area (Å²) in [5.74, 6) is 0.104. The van der Waals surface area contributed by atoms with Crippen LogP contribution in [0.2, 0.25) is 5.02 Å². The number of anilines is 1. The molecule has 94 valence electrons. The number of nitrogens with one attached hydrogen (secondary N) is 1. The number of hydrogen-bond donors (Lipinski definition) is 1. The van der Waals surface area contributed by atoms with Crippen molar-refractivity contribution in [3.8, 4) is 5.69 Å². The molecular weight excluding hydrogens is 253 g/mol. The minimum absolute atomic E-state index is 0.0912. The summed E-state index contributed by atoms with van der Waals surface area (Å²) in [6, 6.07) is 4.87. The highest BCUT2D eigenvalue weighted by atomic mass is 35.5. The molecule has 0 amide bonds. The maximum atomic E-state index is 14.0. The predicted molar refractivity (Wildman–Crippen MR) is 72.0 cm³/mol. The lowest BCUT2D eigenvalue weighted by Gasteiger charge is -2.09. The number of aromatic nitrogens is 2. The zero-order valence-corrected chi connectivity index (χ0v) is 10.7. The topological polar surface area (TPSA) is 29.9 Å². The number of nitrogens with zero attached hydrogens (tertiary/aromatic N) is 2. The minimum Gasteiger partial charge on any atom is -0.352 e. The zero-order chi connectivity index (χ0) is 13.1. The molecule has 1 heterocycles. The fourth-order valence-corrected chi connectivity index (χ4v) is 1.82. The predicted octanol–water partition coefficient (Wildman–Crippen LogP) is 3.57. The van der Waals surface area contributed by atoms with E-state index in [2.05, 4.69) is 16.9 Å². The summed E-state index contributed by atoms with van der Waals surface area (Å²) in [6.07, 6.45) is 3.46. The van der Waals surface area contributed by atoms with Gasteiger partial charge in [-0.05, 0) is 19.1 Å². The Morgan fingerprint density at radius 2 is 2.33 bits per heavy atom. The van der Waals surface area contributed by atoms with Gasteiger partial charge in [0.1, 0.15) is 0 Å². The monoisotopic (exact) mass is 265 g/mol. The van der Waals surface area contributed by atoms with Gasteiger partial charge in [-0.3, -0.25) is 4.57 Å². The third kappa shape index (κ3) is 2.38. The summed E-state index contributed by atoms with van der Waals surface area (Å²) in [7, 11) is 0. The molecule has 0 bridgehead atoms. The van der Waals surface area contributed by atoms with Crippen LogP contribution < -0.4 is 5.32 Å². The molecule has 0 atom stereocenters. The minimum atomic E-state index is -0.460. The van der Waals surface area contributed by atoms with Crippen molar-refractivity contribution in [3.63, 3.8) is 0 Å². The highest BCUT2D eigenvalue weighted by Gasteiger charge is 2.12. The summed E-state index contributed by atoms with van der Waals surface area (Å²) in [5, 5.41) is 3.14. The Morgan fingerprint density at radius 1 is 1.56 bits per heavy atom. The van der Waals surface area contributed by atoms with Crippen LogP contribution >= 0.6 is 11.6 Å². The van der Waals surface area contributed by atoms with E-state index in [1.165, 1.54) is 6.07 Å². The Hall–Kier alpha value is -1.81. The Balaban J connectivity index is 2.49. The number of halogens is 2. The molecule has 0 aliphatic heterocycles. The highest BCUT2D eigenvalue weighted by molar-refractivity contribution is 6.30. The second-order valence-electron chi connectivity index (χ2n) is 3.82. The van der Waals surface area contributed by atoms with Gasteiger partial charge >= 0.3 is 0 Å². The molecule has 1 aromatic carbocycles. The smallest absolute Gasteiger partial charge is 0.208 e. The van der Waals surface area contributed by atoms with Crippen molar-refractivity contribution >= 4 is 17.5 Å². The standard InChI is InChI=1S/C13H13ClFN3/c1-3-7-16-13-17-9(2)8-18(13)11-6-4-5-10(14)12(11)15/h3-6,8H,1,7H2,2H3,(H,16,17). The van der Waals surface area contributed by atoms with Gasteiger partial charge in [0, 0.05) is 12.7 Å². The van der Waals surface area contributed by atoms with Gasteiger partial charge in [0.2, 0.25) is 5.95 Å². The molecule has 1 aromatic heterocycles. The van der Waals surface area contributed by atoms with Gasteiger partial charge in [-0.1, -0.05) is 23.7 Å². The van der Waals surface area contributed by atoms with Crippen LogP contribution in [0, 0.1) is 12.7 Å². The van der Waals surface area contributed by atoms with Crippen molar-refractivity contribution in [1.82, 2.24) is 9.55 Å². The molecule has 1 N–H and O–H groups in total. The van der Waals surface area contributed by atoms with E-state index in [9.17, 15) is 4.39 Å². The van der Waals surface area contributed by atoms with Crippen molar-refractivity contribution in [3.05, 3.63) is 53.6 Å². The largest absolute Gasteiger partial charge is 0.352 e. The number of benzene rings is 1. The van der Waals surface area contributed by atoms with Crippen molar-refractivity contribution in [2.45, 2.75) is 6.92 Å². The molecule has 0 fully saturated rings. The van der Waals surface area contributed by atoms with Crippen LogP contribution in [-0.4, -0.2) is 16.1 Å². The summed E-state index contributed by atoms with van der Waals surface area (Å²) in [4.78, 5) is 4.29. The lowest BCUT2D eigenvalue weighted by Crippen LogP contribution is -2.06. The van der Waals surface area contributed by atoms with E-state index in [4.69, 9.17) is 11.6 Å². The molecule has 0 saturated heterocycles. The van der Waals surface area contributed by atoms with Crippen LogP contribution in [0.4, 0.5) is 10.3 Å². The lowest BCUT2D eigenvalue weighted by molar-refractivity contribution is 0.619. The third-order valence-electron chi connectivity index (χ3n) is 2.42. The number of rotatable bonds is 4. The number of imidazole rings is 1. The fraction of sp³-hybridized carbons (Fsp3) is 0.154. The second-order valence-corrected chi connectivity index (χ2v) is 4.23. The maximum Gasteiger partial charge on any atom is 0.208 e. The summed E-state index contributed by atoms with van der Waals surface area (Å²) in [5.41, 5.74) is 1.16. The van der Waals surface area contributed by atoms with Crippen LogP contribution in [0.15, 0.2) is 37.1 Å².